The minimum atomic E-state index is -1.45. The summed E-state index contributed by atoms with van der Waals surface area (Å²) in [5, 5.41) is 9.69. The second kappa shape index (κ2) is 5.73. The predicted octanol–water partition coefficient (Wildman–Crippen LogP) is 2.45. The van der Waals surface area contributed by atoms with Crippen molar-refractivity contribution >= 4 is 5.97 Å². The summed E-state index contributed by atoms with van der Waals surface area (Å²) in [5.74, 6) is -1.65. The number of benzene rings is 1. The molecule has 2 rings (SSSR count). The number of carboxylic acid groups (broad SMARTS) is 1. The van der Waals surface area contributed by atoms with E-state index in [4.69, 9.17) is 10.5 Å². The number of hydrogen-bond donors (Lipinski definition) is 2. The molecule has 0 bridgehead atoms. The fourth-order valence-electron chi connectivity index (χ4n) is 3.05. The van der Waals surface area contributed by atoms with E-state index in [1.54, 1.807) is 6.07 Å². The maximum absolute atomic E-state index is 14.1. The molecule has 0 aliphatic carbocycles. The third-order valence-corrected chi connectivity index (χ3v) is 4.28. The average Bonchev–Trinajstić information content (AvgIpc) is 2.76. The van der Waals surface area contributed by atoms with Gasteiger partial charge in [-0.25, -0.2) is 4.39 Å². The summed E-state index contributed by atoms with van der Waals surface area (Å²) in [7, 11) is 0. The van der Waals surface area contributed by atoms with Crippen LogP contribution < -0.4 is 5.73 Å². The summed E-state index contributed by atoms with van der Waals surface area (Å²) in [6, 6.07) is 5.93. The Hall–Kier alpha value is -1.46. The molecule has 5 heteroatoms. The van der Waals surface area contributed by atoms with E-state index in [1.807, 2.05) is 13.8 Å². The number of hydrogen-bond acceptors (Lipinski definition) is 3. The Kier molecular flexibility index (Phi) is 4.35. The van der Waals surface area contributed by atoms with Gasteiger partial charge in [-0.05, 0) is 39.2 Å². The molecule has 1 aliphatic rings. The zero-order valence-electron chi connectivity index (χ0n) is 12.4. The predicted molar refractivity (Wildman–Crippen MR) is 77.6 cm³/mol. The van der Waals surface area contributed by atoms with Crippen LogP contribution in [-0.4, -0.2) is 29.3 Å². The van der Waals surface area contributed by atoms with Crippen molar-refractivity contribution in [2.45, 2.75) is 50.2 Å². The highest BCUT2D eigenvalue weighted by Gasteiger charge is 2.45. The lowest BCUT2D eigenvalue weighted by molar-refractivity contribution is -0.146. The second-order valence-corrected chi connectivity index (χ2v) is 6.31. The molecule has 3 N–H and O–H groups in total. The smallest absolute Gasteiger partial charge is 0.315 e. The van der Waals surface area contributed by atoms with Gasteiger partial charge in [0.2, 0.25) is 0 Å². The van der Waals surface area contributed by atoms with Gasteiger partial charge in [0.25, 0.3) is 0 Å². The van der Waals surface area contributed by atoms with Crippen molar-refractivity contribution in [3.8, 4) is 0 Å². The van der Waals surface area contributed by atoms with Crippen molar-refractivity contribution < 1.29 is 19.0 Å². The summed E-state index contributed by atoms with van der Waals surface area (Å²) in [5.41, 5.74) is 4.17. The molecule has 1 aliphatic heterocycles. The molecule has 0 saturated carbocycles. The van der Waals surface area contributed by atoms with Gasteiger partial charge in [0, 0.05) is 12.1 Å². The van der Waals surface area contributed by atoms with Gasteiger partial charge >= 0.3 is 5.97 Å². The summed E-state index contributed by atoms with van der Waals surface area (Å²) < 4.78 is 20.0. The van der Waals surface area contributed by atoms with Gasteiger partial charge in [0.05, 0.1) is 11.7 Å². The van der Waals surface area contributed by atoms with E-state index in [0.29, 0.717) is 0 Å². The Morgan fingerprint density at radius 3 is 2.67 bits per heavy atom. The van der Waals surface area contributed by atoms with E-state index in [9.17, 15) is 14.3 Å². The molecule has 2 unspecified atom stereocenters. The number of ether oxygens (including phenoxy) is 1. The third-order valence-electron chi connectivity index (χ3n) is 4.28. The van der Waals surface area contributed by atoms with E-state index in [2.05, 4.69) is 0 Å². The van der Waals surface area contributed by atoms with E-state index < -0.39 is 17.2 Å². The van der Waals surface area contributed by atoms with Crippen LogP contribution in [0.4, 0.5) is 4.39 Å². The molecular weight excluding hydrogens is 273 g/mol. The van der Waals surface area contributed by atoms with Gasteiger partial charge in [-0.15, -0.1) is 0 Å². The Balaban J connectivity index is 2.35. The molecule has 1 aromatic carbocycles. The van der Waals surface area contributed by atoms with Gasteiger partial charge < -0.3 is 15.6 Å². The van der Waals surface area contributed by atoms with E-state index >= 15 is 0 Å². The van der Waals surface area contributed by atoms with Crippen LogP contribution in [-0.2, 0) is 14.9 Å². The van der Waals surface area contributed by atoms with Crippen molar-refractivity contribution in [1.29, 1.82) is 0 Å². The molecular formula is C16H22FNO3. The monoisotopic (exact) mass is 295 g/mol. The Morgan fingerprint density at radius 1 is 1.52 bits per heavy atom. The molecule has 21 heavy (non-hydrogen) atoms. The highest BCUT2D eigenvalue weighted by molar-refractivity contribution is 5.82. The molecule has 0 amide bonds. The van der Waals surface area contributed by atoms with Crippen LogP contribution in [0, 0.1) is 5.82 Å². The standard InChI is InChI=1S/C16H22FNO3/c1-15(2)8-7-11(21-15)9-16(10-18,14(19)20)12-5-3-4-6-13(12)17/h3-6,11H,7-10,18H2,1-2H3,(H,19,20). The van der Waals surface area contributed by atoms with Crippen LogP contribution in [0.25, 0.3) is 0 Å². The fourth-order valence-corrected chi connectivity index (χ4v) is 3.05. The second-order valence-electron chi connectivity index (χ2n) is 6.31. The van der Waals surface area contributed by atoms with E-state index in [0.717, 1.165) is 12.8 Å². The minimum absolute atomic E-state index is 0.133. The molecule has 116 valence electrons. The van der Waals surface area contributed by atoms with Crippen molar-refractivity contribution in [2.24, 2.45) is 5.73 Å². The molecule has 0 spiro atoms. The number of nitrogens with two attached hydrogens (primary N) is 1. The molecule has 1 heterocycles. The summed E-state index contributed by atoms with van der Waals surface area (Å²) >= 11 is 0. The largest absolute Gasteiger partial charge is 0.481 e. The summed E-state index contributed by atoms with van der Waals surface area (Å²) in [6.45, 7) is 3.78. The average molecular weight is 295 g/mol. The number of carboxylic acids is 1. The summed E-state index contributed by atoms with van der Waals surface area (Å²) in [6.07, 6.45) is 1.58. The van der Waals surface area contributed by atoms with Gasteiger partial charge in [0.1, 0.15) is 11.2 Å². The van der Waals surface area contributed by atoms with Crippen LogP contribution in [0.5, 0.6) is 0 Å². The number of halogens is 1. The van der Waals surface area contributed by atoms with Crippen LogP contribution >= 0.6 is 0 Å². The first-order valence-electron chi connectivity index (χ1n) is 7.17. The number of rotatable bonds is 5. The number of aliphatic carboxylic acids is 1. The number of carbonyl (C=O) groups is 1. The Bertz CT molecular complexity index is 532. The Labute approximate surface area is 124 Å². The molecule has 1 fully saturated rings. The van der Waals surface area contributed by atoms with E-state index in [-0.39, 0.29) is 30.2 Å². The maximum Gasteiger partial charge on any atom is 0.315 e. The zero-order chi connectivity index (χ0) is 15.7. The minimum Gasteiger partial charge on any atom is -0.481 e. The SMILES string of the molecule is CC1(C)CCC(CC(CN)(C(=O)O)c2ccccc2F)O1. The first-order chi connectivity index (χ1) is 9.81. The van der Waals surface area contributed by atoms with Crippen molar-refractivity contribution in [1.82, 2.24) is 0 Å². The van der Waals surface area contributed by atoms with Gasteiger partial charge in [-0.3, -0.25) is 4.79 Å². The first-order valence-corrected chi connectivity index (χ1v) is 7.17. The van der Waals surface area contributed by atoms with Gasteiger partial charge in [-0.2, -0.15) is 0 Å². The van der Waals surface area contributed by atoms with Crippen molar-refractivity contribution in [3.63, 3.8) is 0 Å². The maximum atomic E-state index is 14.1. The van der Waals surface area contributed by atoms with Crippen LogP contribution in [0.2, 0.25) is 0 Å². The summed E-state index contributed by atoms with van der Waals surface area (Å²) in [4.78, 5) is 11.9. The third kappa shape index (κ3) is 3.09. The molecule has 0 aromatic heterocycles. The fraction of sp³-hybridized carbons (Fsp3) is 0.562. The van der Waals surface area contributed by atoms with Gasteiger partial charge in [0.15, 0.2) is 0 Å². The zero-order valence-corrected chi connectivity index (χ0v) is 12.4. The van der Waals surface area contributed by atoms with Crippen molar-refractivity contribution in [3.05, 3.63) is 35.6 Å². The lowest BCUT2D eigenvalue weighted by atomic mass is 9.75. The van der Waals surface area contributed by atoms with Crippen LogP contribution in [0.15, 0.2) is 24.3 Å². The molecule has 1 aromatic rings. The lowest BCUT2D eigenvalue weighted by Crippen LogP contribution is -2.46. The first kappa shape index (κ1) is 15.9. The normalized spacial score (nSPS) is 23.7. The van der Waals surface area contributed by atoms with Crippen molar-refractivity contribution in [2.75, 3.05) is 6.54 Å². The quantitative estimate of drug-likeness (QED) is 0.875. The van der Waals surface area contributed by atoms with Crippen LogP contribution in [0.1, 0.15) is 38.7 Å². The van der Waals surface area contributed by atoms with E-state index in [1.165, 1.54) is 18.2 Å². The van der Waals surface area contributed by atoms with Gasteiger partial charge in [-0.1, -0.05) is 18.2 Å². The molecule has 4 nitrogen and oxygen atoms in total. The van der Waals surface area contributed by atoms with Crippen LogP contribution in [0.3, 0.4) is 0 Å². The molecule has 0 radical (unpaired) electrons. The topological polar surface area (TPSA) is 72.6 Å². The molecule has 2 atom stereocenters. The highest BCUT2D eigenvalue weighted by Crippen LogP contribution is 2.38. The highest BCUT2D eigenvalue weighted by atomic mass is 19.1. The lowest BCUT2D eigenvalue weighted by Gasteiger charge is -2.32. The Morgan fingerprint density at radius 2 is 2.19 bits per heavy atom. The molecule has 1 saturated heterocycles.